The van der Waals surface area contributed by atoms with Crippen molar-refractivity contribution in [1.82, 2.24) is 19.3 Å². The standard InChI is InChI=1S/C20H20FN5O2S/c1-29(27,28)26-9-6-12(7-10-26)19-24-17-14-5-4-13(21)11-16(14)23-20-15(18(17)25-19)3-2-8-22-20/h2-5,8,11-12H,6-7,9-10H2,1H3,(H,22,23)(H,24,25). The average Bonchev–Trinajstić information content (AvgIpc) is 3.08. The summed E-state index contributed by atoms with van der Waals surface area (Å²) in [6, 6.07) is 8.40. The number of rotatable bonds is 2. The molecule has 9 heteroatoms. The molecule has 0 atom stereocenters. The van der Waals surface area contributed by atoms with Gasteiger partial charge in [-0.15, -0.1) is 0 Å². The van der Waals surface area contributed by atoms with E-state index in [0.29, 0.717) is 37.4 Å². The molecule has 5 rings (SSSR count). The fourth-order valence-corrected chi connectivity index (χ4v) is 4.97. The lowest BCUT2D eigenvalue weighted by Gasteiger charge is -2.29. The number of fused-ring (bicyclic) bond motifs is 5. The van der Waals surface area contributed by atoms with E-state index in [2.05, 4.69) is 15.3 Å². The molecular formula is C20H20FN5O2S. The number of pyridine rings is 1. The first-order chi connectivity index (χ1) is 13.9. The molecule has 0 aliphatic carbocycles. The van der Waals surface area contributed by atoms with Crippen LogP contribution in [0.3, 0.4) is 0 Å². The van der Waals surface area contributed by atoms with Gasteiger partial charge in [0.2, 0.25) is 10.0 Å². The van der Waals surface area contributed by atoms with Crippen LogP contribution < -0.4 is 5.32 Å². The highest BCUT2D eigenvalue weighted by molar-refractivity contribution is 7.88. The van der Waals surface area contributed by atoms with Crippen molar-refractivity contribution >= 4 is 21.5 Å². The number of nitrogens with one attached hydrogen (secondary N) is 2. The van der Waals surface area contributed by atoms with E-state index in [4.69, 9.17) is 4.98 Å². The van der Waals surface area contributed by atoms with Crippen molar-refractivity contribution in [2.75, 3.05) is 24.7 Å². The van der Waals surface area contributed by atoms with Gasteiger partial charge in [0.1, 0.15) is 23.2 Å². The average molecular weight is 413 g/mol. The SMILES string of the molecule is CS(=O)(=O)N1CCC(c2nc3c([nH]2)-c2ccc(F)cc2Nc2ncccc2-3)CC1. The van der Waals surface area contributed by atoms with Crippen molar-refractivity contribution in [3.8, 4) is 22.5 Å². The molecule has 2 aromatic heterocycles. The summed E-state index contributed by atoms with van der Waals surface area (Å²) < 4.78 is 39.0. The highest BCUT2D eigenvalue weighted by Crippen LogP contribution is 2.43. The van der Waals surface area contributed by atoms with Crippen LogP contribution in [0, 0.1) is 5.82 Å². The molecule has 2 aliphatic heterocycles. The Morgan fingerprint density at radius 1 is 1.17 bits per heavy atom. The van der Waals surface area contributed by atoms with Gasteiger partial charge in [-0.1, -0.05) is 0 Å². The number of H-pyrrole nitrogens is 1. The van der Waals surface area contributed by atoms with Gasteiger partial charge in [-0.05, 0) is 43.2 Å². The molecule has 4 heterocycles. The first kappa shape index (κ1) is 18.3. The van der Waals surface area contributed by atoms with Crippen molar-refractivity contribution in [2.24, 2.45) is 0 Å². The second-order valence-corrected chi connectivity index (χ2v) is 9.48. The first-order valence-corrected chi connectivity index (χ1v) is 11.3. The Balaban J connectivity index is 1.58. The van der Waals surface area contributed by atoms with Crippen LogP contribution in [0.15, 0.2) is 36.5 Å². The van der Waals surface area contributed by atoms with Crippen molar-refractivity contribution in [3.63, 3.8) is 0 Å². The zero-order valence-corrected chi connectivity index (χ0v) is 16.6. The van der Waals surface area contributed by atoms with Crippen LogP contribution in [-0.4, -0.2) is 47.0 Å². The molecule has 29 heavy (non-hydrogen) atoms. The third-order valence-electron chi connectivity index (χ3n) is 5.60. The van der Waals surface area contributed by atoms with Crippen LogP contribution in [0.25, 0.3) is 22.5 Å². The summed E-state index contributed by atoms with van der Waals surface area (Å²) >= 11 is 0. The lowest BCUT2D eigenvalue weighted by Crippen LogP contribution is -2.37. The molecule has 2 N–H and O–H groups in total. The van der Waals surface area contributed by atoms with Gasteiger partial charge in [0.25, 0.3) is 0 Å². The minimum absolute atomic E-state index is 0.136. The summed E-state index contributed by atoms with van der Waals surface area (Å²) in [4.78, 5) is 12.7. The van der Waals surface area contributed by atoms with Gasteiger partial charge < -0.3 is 10.3 Å². The maximum atomic E-state index is 13.9. The van der Waals surface area contributed by atoms with E-state index in [1.54, 1.807) is 12.3 Å². The molecule has 150 valence electrons. The summed E-state index contributed by atoms with van der Waals surface area (Å²) in [5.74, 6) is 1.26. The zero-order chi connectivity index (χ0) is 20.2. The fraction of sp³-hybridized carbons (Fsp3) is 0.300. The number of sulfonamides is 1. The van der Waals surface area contributed by atoms with E-state index < -0.39 is 10.0 Å². The number of piperidine rings is 1. The number of aromatic amines is 1. The summed E-state index contributed by atoms with van der Waals surface area (Å²) in [7, 11) is -3.17. The molecule has 0 saturated carbocycles. The zero-order valence-electron chi connectivity index (χ0n) is 15.8. The van der Waals surface area contributed by atoms with Gasteiger partial charge in [0, 0.05) is 36.3 Å². The van der Waals surface area contributed by atoms with E-state index in [0.717, 1.165) is 28.3 Å². The Morgan fingerprint density at radius 2 is 1.97 bits per heavy atom. The summed E-state index contributed by atoms with van der Waals surface area (Å²) in [6.07, 6.45) is 4.33. The second-order valence-electron chi connectivity index (χ2n) is 7.50. The third kappa shape index (κ3) is 3.20. The number of hydrogen-bond acceptors (Lipinski definition) is 5. The van der Waals surface area contributed by atoms with Crippen LogP contribution >= 0.6 is 0 Å². The van der Waals surface area contributed by atoms with Gasteiger partial charge in [0.15, 0.2) is 0 Å². The Bertz CT molecular complexity index is 1200. The Labute approximate surface area is 168 Å². The van der Waals surface area contributed by atoms with Crippen LogP contribution in [-0.2, 0) is 10.0 Å². The molecule has 1 saturated heterocycles. The third-order valence-corrected chi connectivity index (χ3v) is 6.90. The maximum absolute atomic E-state index is 13.9. The van der Waals surface area contributed by atoms with E-state index in [1.165, 1.54) is 22.7 Å². The molecule has 0 unspecified atom stereocenters. The second kappa shape index (κ2) is 6.64. The quantitative estimate of drug-likeness (QED) is 0.525. The molecule has 0 radical (unpaired) electrons. The monoisotopic (exact) mass is 413 g/mol. The molecule has 1 aromatic carbocycles. The van der Waals surface area contributed by atoms with Crippen LogP contribution in [0.2, 0.25) is 0 Å². The van der Waals surface area contributed by atoms with Gasteiger partial charge in [0.05, 0.1) is 17.6 Å². The van der Waals surface area contributed by atoms with Gasteiger partial charge in [-0.25, -0.2) is 27.1 Å². The molecule has 1 fully saturated rings. The first-order valence-electron chi connectivity index (χ1n) is 9.47. The minimum atomic E-state index is -3.17. The van der Waals surface area contributed by atoms with Crippen LogP contribution in [0.4, 0.5) is 15.9 Å². The lowest BCUT2D eigenvalue weighted by atomic mass is 9.97. The lowest BCUT2D eigenvalue weighted by molar-refractivity contribution is 0.316. The van der Waals surface area contributed by atoms with Crippen molar-refractivity contribution < 1.29 is 12.8 Å². The van der Waals surface area contributed by atoms with E-state index >= 15 is 0 Å². The molecule has 0 bridgehead atoms. The van der Waals surface area contributed by atoms with Crippen LogP contribution in [0.5, 0.6) is 0 Å². The number of hydrogen-bond donors (Lipinski definition) is 2. The molecule has 7 nitrogen and oxygen atoms in total. The summed E-state index contributed by atoms with van der Waals surface area (Å²) in [5, 5.41) is 3.21. The van der Waals surface area contributed by atoms with Gasteiger partial charge >= 0.3 is 0 Å². The largest absolute Gasteiger partial charge is 0.341 e. The van der Waals surface area contributed by atoms with Gasteiger partial charge in [-0.3, -0.25) is 0 Å². The summed E-state index contributed by atoms with van der Waals surface area (Å²) in [5.41, 5.74) is 3.89. The number of nitrogens with zero attached hydrogens (tertiary/aromatic N) is 3. The number of aromatic nitrogens is 3. The molecule has 0 spiro atoms. The Morgan fingerprint density at radius 3 is 2.72 bits per heavy atom. The molecule has 2 aliphatic rings. The van der Waals surface area contributed by atoms with E-state index in [-0.39, 0.29) is 11.7 Å². The van der Waals surface area contributed by atoms with E-state index in [9.17, 15) is 12.8 Å². The highest BCUT2D eigenvalue weighted by Gasteiger charge is 2.30. The van der Waals surface area contributed by atoms with Crippen molar-refractivity contribution in [2.45, 2.75) is 18.8 Å². The summed E-state index contributed by atoms with van der Waals surface area (Å²) in [6.45, 7) is 0.965. The van der Waals surface area contributed by atoms with Crippen molar-refractivity contribution in [3.05, 3.63) is 48.2 Å². The minimum Gasteiger partial charge on any atom is -0.341 e. The van der Waals surface area contributed by atoms with Gasteiger partial charge in [-0.2, -0.15) is 0 Å². The Kier molecular flexibility index (Phi) is 4.18. The molecule has 3 aromatic rings. The molecular weight excluding hydrogens is 393 g/mol. The number of benzene rings is 1. The smallest absolute Gasteiger partial charge is 0.211 e. The predicted octanol–water partition coefficient (Wildman–Crippen LogP) is 3.47. The maximum Gasteiger partial charge on any atom is 0.211 e. The number of anilines is 2. The van der Waals surface area contributed by atoms with E-state index in [1.807, 2.05) is 12.1 Å². The number of imidazole rings is 1. The highest BCUT2D eigenvalue weighted by atomic mass is 32.2. The fourth-order valence-electron chi connectivity index (χ4n) is 4.10. The predicted molar refractivity (Wildman–Crippen MR) is 109 cm³/mol. The van der Waals surface area contributed by atoms with Crippen LogP contribution in [0.1, 0.15) is 24.6 Å². The van der Waals surface area contributed by atoms with Crippen molar-refractivity contribution in [1.29, 1.82) is 0 Å². The molecule has 0 amide bonds. The topological polar surface area (TPSA) is 91.0 Å². The Hall–Kier alpha value is -2.78. The number of halogens is 1. The normalized spacial score (nSPS) is 17.0.